The van der Waals surface area contributed by atoms with Gasteiger partial charge in [-0.15, -0.1) is 0 Å². The van der Waals surface area contributed by atoms with E-state index in [0.29, 0.717) is 17.1 Å². The predicted octanol–water partition coefficient (Wildman–Crippen LogP) is 3.85. The first kappa shape index (κ1) is 17.3. The molecule has 0 aliphatic carbocycles. The molecule has 3 aromatic rings. The molecule has 7 nitrogen and oxygen atoms in total. The Kier molecular flexibility index (Phi) is 4.79. The van der Waals surface area contributed by atoms with Gasteiger partial charge in [0.1, 0.15) is 0 Å². The molecule has 26 heavy (non-hydrogen) atoms. The first-order valence-electron chi connectivity index (χ1n) is 8.11. The molecule has 0 spiro atoms. The molecule has 0 atom stereocenters. The fourth-order valence-corrected chi connectivity index (χ4v) is 2.44. The number of carbonyl (C=O) groups is 2. The minimum atomic E-state index is -0.367. The van der Waals surface area contributed by atoms with Crippen molar-refractivity contribution in [2.45, 2.75) is 20.8 Å². The summed E-state index contributed by atoms with van der Waals surface area (Å²) in [6.45, 7) is 5.26. The second-order valence-electron chi connectivity index (χ2n) is 5.94. The third-order valence-electron chi connectivity index (χ3n) is 3.80. The summed E-state index contributed by atoms with van der Waals surface area (Å²) in [5.74, 6) is -0.145. The van der Waals surface area contributed by atoms with Crippen LogP contribution in [-0.2, 0) is 4.79 Å². The first-order chi connectivity index (χ1) is 12.4. The summed E-state index contributed by atoms with van der Waals surface area (Å²) >= 11 is 0. The monoisotopic (exact) mass is 349 g/mol. The van der Waals surface area contributed by atoms with Gasteiger partial charge >= 0.3 is 6.03 Å². The van der Waals surface area contributed by atoms with Crippen molar-refractivity contribution in [2.24, 2.45) is 0 Å². The van der Waals surface area contributed by atoms with E-state index in [0.717, 1.165) is 22.4 Å². The van der Waals surface area contributed by atoms with Crippen LogP contribution in [0.1, 0.15) is 18.3 Å². The van der Waals surface area contributed by atoms with Crippen LogP contribution in [0.25, 0.3) is 11.0 Å². The van der Waals surface area contributed by atoms with Crippen LogP contribution in [-0.4, -0.2) is 21.9 Å². The van der Waals surface area contributed by atoms with Gasteiger partial charge in [-0.25, -0.2) is 14.8 Å². The maximum Gasteiger partial charge on any atom is 0.323 e. The van der Waals surface area contributed by atoms with Crippen LogP contribution in [0.3, 0.4) is 0 Å². The minimum absolute atomic E-state index is 0.145. The molecule has 3 amide bonds. The van der Waals surface area contributed by atoms with Crippen molar-refractivity contribution < 1.29 is 9.59 Å². The second kappa shape index (κ2) is 7.18. The highest BCUT2D eigenvalue weighted by atomic mass is 16.2. The van der Waals surface area contributed by atoms with Gasteiger partial charge in [-0.05, 0) is 56.3 Å². The molecule has 0 radical (unpaired) electrons. The van der Waals surface area contributed by atoms with Crippen molar-refractivity contribution >= 4 is 40.0 Å². The van der Waals surface area contributed by atoms with E-state index in [1.807, 2.05) is 19.9 Å². The quantitative estimate of drug-likeness (QED) is 0.669. The lowest BCUT2D eigenvalue weighted by atomic mass is 10.2. The number of anilines is 3. The number of carbonyl (C=O) groups excluding carboxylic acids is 2. The molecule has 0 aliphatic heterocycles. The van der Waals surface area contributed by atoms with Crippen molar-refractivity contribution in [3.05, 3.63) is 53.9 Å². The number of hydrogen-bond acceptors (Lipinski definition) is 4. The van der Waals surface area contributed by atoms with E-state index >= 15 is 0 Å². The molecular weight excluding hydrogens is 330 g/mol. The van der Waals surface area contributed by atoms with Gasteiger partial charge in [0.15, 0.2) is 0 Å². The smallest absolute Gasteiger partial charge is 0.323 e. The van der Waals surface area contributed by atoms with E-state index in [2.05, 4.69) is 25.9 Å². The number of benzene rings is 2. The largest absolute Gasteiger partial charge is 0.326 e. The number of hydrogen-bond donors (Lipinski definition) is 3. The maximum atomic E-state index is 12.2. The molecule has 3 rings (SSSR count). The lowest BCUT2D eigenvalue weighted by Crippen LogP contribution is -2.19. The van der Waals surface area contributed by atoms with E-state index in [1.54, 1.807) is 36.4 Å². The molecule has 3 N–H and O–H groups in total. The number of nitrogens with one attached hydrogen (secondary N) is 3. The summed E-state index contributed by atoms with van der Waals surface area (Å²) in [7, 11) is 0. The molecule has 1 aromatic heterocycles. The molecule has 132 valence electrons. The molecule has 0 unspecified atom stereocenters. The lowest BCUT2D eigenvalue weighted by Gasteiger charge is -2.09. The third-order valence-corrected chi connectivity index (χ3v) is 3.80. The van der Waals surface area contributed by atoms with E-state index < -0.39 is 0 Å². The first-order valence-corrected chi connectivity index (χ1v) is 8.11. The van der Waals surface area contributed by atoms with Crippen LogP contribution in [0.5, 0.6) is 0 Å². The Labute approximate surface area is 150 Å². The van der Waals surface area contributed by atoms with Gasteiger partial charge in [-0.3, -0.25) is 4.79 Å². The fourth-order valence-electron chi connectivity index (χ4n) is 2.44. The SMILES string of the molecule is CC(=O)Nc1ccc(NC(=O)Nc2ccc3nc(C)c(C)nc3c2)cc1. The molecule has 1 heterocycles. The van der Waals surface area contributed by atoms with Crippen molar-refractivity contribution in [2.75, 3.05) is 16.0 Å². The van der Waals surface area contributed by atoms with Gasteiger partial charge in [0.25, 0.3) is 0 Å². The summed E-state index contributed by atoms with van der Waals surface area (Å²) in [5, 5.41) is 8.19. The Morgan fingerprint density at radius 3 is 1.85 bits per heavy atom. The van der Waals surface area contributed by atoms with Crippen LogP contribution in [0.15, 0.2) is 42.5 Å². The van der Waals surface area contributed by atoms with Crippen LogP contribution in [0.2, 0.25) is 0 Å². The number of fused-ring (bicyclic) bond motifs is 1. The molecular formula is C19H19N5O2. The van der Waals surface area contributed by atoms with E-state index in [9.17, 15) is 9.59 Å². The van der Waals surface area contributed by atoms with E-state index in [1.165, 1.54) is 6.92 Å². The van der Waals surface area contributed by atoms with E-state index in [4.69, 9.17) is 0 Å². The Hall–Kier alpha value is -3.48. The molecule has 2 aromatic carbocycles. The lowest BCUT2D eigenvalue weighted by molar-refractivity contribution is -0.114. The average molecular weight is 349 g/mol. The Morgan fingerprint density at radius 2 is 1.23 bits per heavy atom. The van der Waals surface area contributed by atoms with Crippen LogP contribution < -0.4 is 16.0 Å². The van der Waals surface area contributed by atoms with E-state index in [-0.39, 0.29) is 11.9 Å². The van der Waals surface area contributed by atoms with Gasteiger partial charge in [-0.1, -0.05) is 0 Å². The topological polar surface area (TPSA) is 96.0 Å². The van der Waals surface area contributed by atoms with Crippen molar-refractivity contribution in [1.29, 1.82) is 0 Å². The average Bonchev–Trinajstić information content (AvgIpc) is 2.57. The number of urea groups is 1. The van der Waals surface area contributed by atoms with Gasteiger partial charge in [0, 0.05) is 24.0 Å². The summed E-state index contributed by atoms with van der Waals surface area (Å²) < 4.78 is 0. The van der Waals surface area contributed by atoms with Crippen molar-refractivity contribution in [1.82, 2.24) is 9.97 Å². The summed E-state index contributed by atoms with van der Waals surface area (Å²) in [5.41, 5.74) is 5.17. The standard InChI is InChI=1S/C19H19N5O2/c1-11-12(2)21-18-10-16(8-9-17(18)20-11)24-19(26)23-15-6-4-14(5-7-15)22-13(3)25/h4-10H,1-3H3,(H,22,25)(H2,23,24,26). The number of aromatic nitrogens is 2. The number of aryl methyl sites for hydroxylation is 2. The number of rotatable bonds is 3. The molecule has 0 bridgehead atoms. The van der Waals surface area contributed by atoms with Crippen LogP contribution in [0, 0.1) is 13.8 Å². The Balaban J connectivity index is 1.68. The van der Waals surface area contributed by atoms with Gasteiger partial charge in [0.2, 0.25) is 5.91 Å². The zero-order valence-corrected chi connectivity index (χ0v) is 14.8. The Bertz CT molecular complexity index is 983. The predicted molar refractivity (Wildman–Crippen MR) is 102 cm³/mol. The fraction of sp³-hybridized carbons (Fsp3) is 0.158. The van der Waals surface area contributed by atoms with Crippen molar-refractivity contribution in [3.8, 4) is 0 Å². The highest BCUT2D eigenvalue weighted by molar-refractivity contribution is 6.01. The number of amides is 3. The summed E-state index contributed by atoms with van der Waals surface area (Å²) in [4.78, 5) is 32.1. The molecule has 0 aliphatic rings. The van der Waals surface area contributed by atoms with Gasteiger partial charge < -0.3 is 16.0 Å². The van der Waals surface area contributed by atoms with Crippen LogP contribution in [0.4, 0.5) is 21.9 Å². The van der Waals surface area contributed by atoms with Gasteiger partial charge in [0.05, 0.1) is 22.4 Å². The second-order valence-corrected chi connectivity index (χ2v) is 5.94. The molecule has 7 heteroatoms. The highest BCUT2D eigenvalue weighted by Gasteiger charge is 2.06. The summed E-state index contributed by atoms with van der Waals surface area (Å²) in [6, 6.07) is 11.9. The minimum Gasteiger partial charge on any atom is -0.326 e. The van der Waals surface area contributed by atoms with Crippen molar-refractivity contribution in [3.63, 3.8) is 0 Å². The maximum absolute atomic E-state index is 12.2. The molecule has 0 fully saturated rings. The number of nitrogens with zero attached hydrogens (tertiary/aromatic N) is 2. The highest BCUT2D eigenvalue weighted by Crippen LogP contribution is 2.18. The third kappa shape index (κ3) is 4.13. The zero-order valence-electron chi connectivity index (χ0n) is 14.8. The van der Waals surface area contributed by atoms with Gasteiger partial charge in [-0.2, -0.15) is 0 Å². The Morgan fingerprint density at radius 1 is 0.731 bits per heavy atom. The zero-order chi connectivity index (χ0) is 18.7. The normalized spacial score (nSPS) is 10.4. The van der Waals surface area contributed by atoms with Crippen LogP contribution >= 0.6 is 0 Å². The molecule has 0 saturated carbocycles. The summed E-state index contributed by atoms with van der Waals surface area (Å²) in [6.07, 6.45) is 0. The molecule has 0 saturated heterocycles.